The summed E-state index contributed by atoms with van der Waals surface area (Å²) >= 11 is 0. The van der Waals surface area contributed by atoms with Crippen molar-refractivity contribution in [2.45, 2.75) is 6.92 Å². The SMILES string of the molecule is Cc1ccccc1.P.S. The molecular weight excluding hydrogens is 147 g/mol. The van der Waals surface area contributed by atoms with E-state index >= 15 is 0 Å². The first-order valence-electron chi connectivity index (χ1n) is 2.41. The van der Waals surface area contributed by atoms with Crippen molar-refractivity contribution in [2.75, 3.05) is 0 Å². The molecule has 2 heteroatoms. The van der Waals surface area contributed by atoms with Crippen molar-refractivity contribution >= 4 is 23.4 Å². The molecule has 0 N–H and O–H groups in total. The van der Waals surface area contributed by atoms with Crippen LogP contribution in [0.4, 0.5) is 0 Å². The normalized spacial score (nSPS) is 6.78. The molecule has 0 aliphatic carbocycles. The predicted octanol–water partition coefficient (Wildman–Crippen LogP) is 2.17. The molecule has 0 nitrogen and oxygen atoms in total. The van der Waals surface area contributed by atoms with Gasteiger partial charge < -0.3 is 0 Å². The highest BCUT2D eigenvalue weighted by Gasteiger charge is 1.72. The second-order valence-electron chi connectivity index (χ2n) is 1.65. The van der Waals surface area contributed by atoms with Gasteiger partial charge in [0.05, 0.1) is 0 Å². The largest absolute Gasteiger partial charge is 0.197 e. The molecule has 52 valence electrons. The average Bonchev–Trinajstić information content (AvgIpc) is 1.69. The molecule has 9 heavy (non-hydrogen) atoms. The highest BCUT2D eigenvalue weighted by atomic mass is 32.1. The van der Waals surface area contributed by atoms with Gasteiger partial charge >= 0.3 is 0 Å². The summed E-state index contributed by atoms with van der Waals surface area (Å²) in [5, 5.41) is 0. The number of hydrogen-bond donors (Lipinski definition) is 0. The lowest BCUT2D eigenvalue weighted by Crippen LogP contribution is -1.62. The van der Waals surface area contributed by atoms with E-state index in [1.54, 1.807) is 0 Å². The van der Waals surface area contributed by atoms with Crippen molar-refractivity contribution in [3.8, 4) is 0 Å². The van der Waals surface area contributed by atoms with Gasteiger partial charge in [-0.25, -0.2) is 0 Å². The van der Waals surface area contributed by atoms with Gasteiger partial charge in [0, 0.05) is 0 Å². The van der Waals surface area contributed by atoms with Crippen molar-refractivity contribution in [3.05, 3.63) is 35.9 Å². The van der Waals surface area contributed by atoms with Crippen molar-refractivity contribution < 1.29 is 0 Å². The molecular formula is C7H13PS. The van der Waals surface area contributed by atoms with Crippen LogP contribution in [0.15, 0.2) is 30.3 Å². The zero-order valence-corrected chi connectivity index (χ0v) is 8.01. The van der Waals surface area contributed by atoms with E-state index in [1.807, 2.05) is 18.2 Å². The first kappa shape index (κ1) is 11.8. The Morgan fingerprint density at radius 3 is 1.67 bits per heavy atom. The maximum Gasteiger partial charge on any atom is -0.0398 e. The topological polar surface area (TPSA) is 0 Å². The van der Waals surface area contributed by atoms with Crippen LogP contribution in [-0.4, -0.2) is 0 Å². The van der Waals surface area contributed by atoms with E-state index in [-0.39, 0.29) is 23.4 Å². The molecule has 0 amide bonds. The van der Waals surface area contributed by atoms with E-state index in [1.165, 1.54) is 5.56 Å². The quantitative estimate of drug-likeness (QED) is 0.510. The van der Waals surface area contributed by atoms with Crippen LogP contribution in [0.1, 0.15) is 5.56 Å². The van der Waals surface area contributed by atoms with Gasteiger partial charge in [0.25, 0.3) is 0 Å². The van der Waals surface area contributed by atoms with Crippen LogP contribution in [-0.2, 0) is 0 Å². The van der Waals surface area contributed by atoms with E-state index in [0.29, 0.717) is 0 Å². The van der Waals surface area contributed by atoms with Crippen molar-refractivity contribution in [1.82, 2.24) is 0 Å². The summed E-state index contributed by atoms with van der Waals surface area (Å²) in [6, 6.07) is 10.3. The Labute approximate surface area is 66.7 Å². The molecule has 0 aliphatic rings. The molecule has 0 spiro atoms. The molecule has 1 rings (SSSR count). The first-order chi connectivity index (χ1) is 3.39. The fourth-order valence-corrected chi connectivity index (χ4v) is 0.534. The van der Waals surface area contributed by atoms with Gasteiger partial charge in [-0.05, 0) is 6.92 Å². The van der Waals surface area contributed by atoms with Crippen LogP contribution in [0, 0.1) is 6.92 Å². The van der Waals surface area contributed by atoms with Crippen LogP contribution in [0.25, 0.3) is 0 Å². The highest BCUT2D eigenvalue weighted by molar-refractivity contribution is 7.59. The summed E-state index contributed by atoms with van der Waals surface area (Å²) < 4.78 is 0. The van der Waals surface area contributed by atoms with Crippen LogP contribution in [0.2, 0.25) is 0 Å². The maximum absolute atomic E-state index is 2.08. The minimum Gasteiger partial charge on any atom is -0.197 e. The Morgan fingerprint density at radius 1 is 1.00 bits per heavy atom. The smallest absolute Gasteiger partial charge is 0.0398 e. The Balaban J connectivity index is 0. The third-order valence-electron chi connectivity index (χ3n) is 0.940. The number of aryl methyl sites for hydroxylation is 1. The summed E-state index contributed by atoms with van der Waals surface area (Å²) in [6.45, 7) is 2.08. The summed E-state index contributed by atoms with van der Waals surface area (Å²) in [5.74, 6) is 0. The minimum absolute atomic E-state index is 0. The summed E-state index contributed by atoms with van der Waals surface area (Å²) in [7, 11) is 0. The zero-order chi connectivity index (χ0) is 5.11. The van der Waals surface area contributed by atoms with Gasteiger partial charge in [-0.1, -0.05) is 35.9 Å². The zero-order valence-electron chi connectivity index (χ0n) is 5.59. The van der Waals surface area contributed by atoms with Crippen LogP contribution < -0.4 is 0 Å². The first-order valence-corrected chi connectivity index (χ1v) is 2.41. The van der Waals surface area contributed by atoms with Crippen LogP contribution in [0.3, 0.4) is 0 Å². The summed E-state index contributed by atoms with van der Waals surface area (Å²) in [5.41, 5.74) is 1.32. The molecule has 0 aromatic heterocycles. The third-order valence-corrected chi connectivity index (χ3v) is 0.940. The van der Waals surface area contributed by atoms with Gasteiger partial charge in [-0.2, -0.15) is 23.4 Å². The van der Waals surface area contributed by atoms with Crippen LogP contribution in [0.5, 0.6) is 0 Å². The number of benzene rings is 1. The average molecular weight is 160 g/mol. The number of rotatable bonds is 0. The van der Waals surface area contributed by atoms with Crippen molar-refractivity contribution in [3.63, 3.8) is 0 Å². The molecule has 0 bridgehead atoms. The second-order valence-corrected chi connectivity index (χ2v) is 1.65. The molecule has 0 heterocycles. The summed E-state index contributed by atoms with van der Waals surface area (Å²) in [6.07, 6.45) is 0. The molecule has 1 atom stereocenters. The van der Waals surface area contributed by atoms with E-state index < -0.39 is 0 Å². The van der Waals surface area contributed by atoms with Crippen molar-refractivity contribution in [1.29, 1.82) is 0 Å². The maximum atomic E-state index is 2.08. The van der Waals surface area contributed by atoms with Gasteiger partial charge in [0.1, 0.15) is 0 Å². The predicted molar refractivity (Wildman–Crippen MR) is 52.7 cm³/mol. The monoisotopic (exact) mass is 160 g/mol. The minimum atomic E-state index is 0. The standard InChI is InChI=1S/C7H8.H3P.H2S/c1-7-5-3-2-4-6-7;;/h2-6H,1H3;1H3;1H2. The van der Waals surface area contributed by atoms with Crippen LogP contribution >= 0.6 is 23.4 Å². The van der Waals surface area contributed by atoms with E-state index in [0.717, 1.165) is 0 Å². The molecule has 0 radical (unpaired) electrons. The molecule has 0 aliphatic heterocycles. The molecule has 1 aromatic carbocycles. The Hall–Kier alpha value is -0.0000000000000000555. The van der Waals surface area contributed by atoms with Crippen molar-refractivity contribution in [2.24, 2.45) is 0 Å². The van der Waals surface area contributed by atoms with E-state index in [4.69, 9.17) is 0 Å². The lowest BCUT2D eigenvalue weighted by Gasteiger charge is -1.82. The molecule has 0 fully saturated rings. The fraction of sp³-hybridized carbons (Fsp3) is 0.143. The fourth-order valence-electron chi connectivity index (χ4n) is 0.534. The van der Waals surface area contributed by atoms with Gasteiger partial charge in [-0.15, -0.1) is 0 Å². The lowest BCUT2D eigenvalue weighted by molar-refractivity contribution is 1.48. The Kier molecular flexibility index (Phi) is 8.00. The second kappa shape index (κ2) is 6.12. The Morgan fingerprint density at radius 2 is 1.44 bits per heavy atom. The summed E-state index contributed by atoms with van der Waals surface area (Å²) in [4.78, 5) is 0. The lowest BCUT2D eigenvalue weighted by atomic mass is 10.2. The van der Waals surface area contributed by atoms with E-state index in [9.17, 15) is 0 Å². The van der Waals surface area contributed by atoms with Gasteiger partial charge in [-0.3, -0.25) is 0 Å². The third kappa shape index (κ3) is 4.50. The number of hydrogen-bond acceptors (Lipinski definition) is 0. The highest BCUT2D eigenvalue weighted by Crippen LogP contribution is 1.92. The molecule has 0 saturated carbocycles. The van der Waals surface area contributed by atoms with Gasteiger partial charge in [0.15, 0.2) is 0 Å². The molecule has 0 saturated heterocycles. The Bertz CT molecular complexity index is 139. The molecule has 1 unspecified atom stereocenters. The van der Waals surface area contributed by atoms with E-state index in [2.05, 4.69) is 19.1 Å². The van der Waals surface area contributed by atoms with Gasteiger partial charge in [0.2, 0.25) is 0 Å². The molecule has 1 aromatic rings.